The molecule has 0 aliphatic carbocycles. The zero-order valence-electron chi connectivity index (χ0n) is 16.8. The van der Waals surface area contributed by atoms with E-state index in [9.17, 15) is 4.79 Å². The van der Waals surface area contributed by atoms with Gasteiger partial charge in [-0.1, -0.05) is 12.1 Å². The molecule has 2 fully saturated rings. The number of carbonyl (C=O) groups is 1. The molecular weight excluding hydrogens is 469 g/mol. The van der Waals surface area contributed by atoms with Crippen molar-refractivity contribution in [1.82, 2.24) is 15.5 Å². The standard InChI is InChI=1S/C20H31N5O2.HI/c1-3-21-20(22-14-19(26)24-11-6-7-12-24)23-16-10-13-25(15-16)17-8-4-5-9-18(17)27-2;/h4-5,8-9,16H,3,6-7,10-15H2,1-2H3,(H2,21,22,23);1H. The van der Waals surface area contributed by atoms with E-state index in [0.29, 0.717) is 0 Å². The summed E-state index contributed by atoms with van der Waals surface area (Å²) in [6.07, 6.45) is 3.23. The Labute approximate surface area is 184 Å². The van der Waals surface area contributed by atoms with Crippen molar-refractivity contribution in [3.63, 3.8) is 0 Å². The molecule has 2 aliphatic rings. The van der Waals surface area contributed by atoms with Crippen LogP contribution in [0.5, 0.6) is 5.75 Å². The summed E-state index contributed by atoms with van der Waals surface area (Å²) in [6.45, 7) is 6.60. The second kappa shape index (κ2) is 11.3. The van der Waals surface area contributed by atoms with Crippen molar-refractivity contribution in [2.75, 3.05) is 51.3 Å². The van der Waals surface area contributed by atoms with Crippen LogP contribution in [0.15, 0.2) is 29.3 Å². The van der Waals surface area contributed by atoms with Crippen LogP contribution in [-0.2, 0) is 4.79 Å². The number of hydrogen-bond acceptors (Lipinski definition) is 4. The molecule has 3 rings (SSSR count). The number of anilines is 1. The Morgan fingerprint density at radius 2 is 2.00 bits per heavy atom. The van der Waals surface area contributed by atoms with Gasteiger partial charge in [-0.2, -0.15) is 0 Å². The van der Waals surface area contributed by atoms with Gasteiger partial charge in [0.15, 0.2) is 5.96 Å². The summed E-state index contributed by atoms with van der Waals surface area (Å²) in [5.74, 6) is 1.73. The molecule has 0 aromatic heterocycles. The van der Waals surface area contributed by atoms with Crippen molar-refractivity contribution in [1.29, 1.82) is 0 Å². The molecule has 1 unspecified atom stereocenters. The van der Waals surface area contributed by atoms with Crippen LogP contribution in [0.4, 0.5) is 5.69 Å². The van der Waals surface area contributed by atoms with E-state index in [1.54, 1.807) is 7.11 Å². The minimum Gasteiger partial charge on any atom is -0.495 e. The number of carbonyl (C=O) groups excluding carboxylic acids is 1. The van der Waals surface area contributed by atoms with Crippen LogP contribution in [0.1, 0.15) is 26.2 Å². The van der Waals surface area contributed by atoms with Crippen LogP contribution < -0.4 is 20.3 Å². The lowest BCUT2D eigenvalue weighted by Crippen LogP contribution is -2.45. The molecule has 2 heterocycles. The third-order valence-corrected chi connectivity index (χ3v) is 5.13. The zero-order chi connectivity index (χ0) is 19.1. The van der Waals surface area contributed by atoms with E-state index >= 15 is 0 Å². The fraction of sp³-hybridized carbons (Fsp3) is 0.600. The molecule has 156 valence electrons. The normalized spacial score (nSPS) is 19.4. The average molecular weight is 501 g/mol. The Morgan fingerprint density at radius 3 is 2.71 bits per heavy atom. The number of methoxy groups -OCH3 is 1. The molecule has 1 atom stereocenters. The maximum Gasteiger partial charge on any atom is 0.244 e. The molecule has 0 saturated carbocycles. The molecule has 2 aliphatic heterocycles. The van der Waals surface area contributed by atoms with Crippen molar-refractivity contribution in [3.8, 4) is 5.75 Å². The van der Waals surface area contributed by atoms with Gasteiger partial charge in [-0.25, -0.2) is 4.99 Å². The van der Waals surface area contributed by atoms with Gasteiger partial charge in [0.1, 0.15) is 12.3 Å². The topological polar surface area (TPSA) is 69.2 Å². The van der Waals surface area contributed by atoms with Gasteiger partial charge in [0.2, 0.25) is 5.91 Å². The summed E-state index contributed by atoms with van der Waals surface area (Å²) in [5.41, 5.74) is 1.12. The fourth-order valence-electron chi connectivity index (χ4n) is 3.71. The average Bonchev–Trinajstić information content (AvgIpc) is 3.38. The molecule has 1 amide bonds. The number of guanidine groups is 1. The molecule has 8 heteroatoms. The minimum absolute atomic E-state index is 0. The Kier molecular flexibility index (Phi) is 9.14. The summed E-state index contributed by atoms with van der Waals surface area (Å²) in [6, 6.07) is 8.39. The van der Waals surface area contributed by atoms with Crippen LogP contribution in [0.25, 0.3) is 0 Å². The number of likely N-dealkylation sites (tertiary alicyclic amines) is 1. The number of benzene rings is 1. The molecule has 2 saturated heterocycles. The number of para-hydroxylation sites is 2. The van der Waals surface area contributed by atoms with Gasteiger partial charge in [0, 0.05) is 38.8 Å². The quantitative estimate of drug-likeness (QED) is 0.355. The van der Waals surface area contributed by atoms with Gasteiger partial charge in [-0.05, 0) is 38.3 Å². The molecule has 0 bridgehead atoms. The lowest BCUT2D eigenvalue weighted by Gasteiger charge is -2.22. The van der Waals surface area contributed by atoms with Crippen molar-refractivity contribution in [2.24, 2.45) is 4.99 Å². The lowest BCUT2D eigenvalue weighted by molar-refractivity contribution is -0.128. The lowest BCUT2D eigenvalue weighted by atomic mass is 10.2. The SMILES string of the molecule is CCNC(=NCC(=O)N1CCCC1)NC1CCN(c2ccccc2OC)C1.I. The largest absolute Gasteiger partial charge is 0.495 e. The van der Waals surface area contributed by atoms with Gasteiger partial charge in [0.25, 0.3) is 0 Å². The Bertz CT molecular complexity index is 664. The zero-order valence-corrected chi connectivity index (χ0v) is 19.1. The first kappa shape index (κ1) is 22.6. The Hall–Kier alpha value is -1.71. The first-order chi connectivity index (χ1) is 13.2. The van der Waals surface area contributed by atoms with Gasteiger partial charge in [-0.3, -0.25) is 4.79 Å². The van der Waals surface area contributed by atoms with Crippen LogP contribution >= 0.6 is 24.0 Å². The van der Waals surface area contributed by atoms with Gasteiger partial charge < -0.3 is 25.2 Å². The molecule has 0 radical (unpaired) electrons. The summed E-state index contributed by atoms with van der Waals surface area (Å²) in [5, 5.41) is 6.74. The van der Waals surface area contributed by atoms with E-state index in [1.165, 1.54) is 0 Å². The van der Waals surface area contributed by atoms with E-state index < -0.39 is 0 Å². The third-order valence-electron chi connectivity index (χ3n) is 5.13. The van der Waals surface area contributed by atoms with Crippen LogP contribution in [0.2, 0.25) is 0 Å². The van der Waals surface area contributed by atoms with Crippen molar-refractivity contribution in [3.05, 3.63) is 24.3 Å². The maximum atomic E-state index is 12.2. The number of rotatable bonds is 6. The van der Waals surface area contributed by atoms with Gasteiger partial charge in [0.05, 0.1) is 12.8 Å². The highest BCUT2D eigenvalue weighted by atomic mass is 127. The van der Waals surface area contributed by atoms with Gasteiger partial charge in [-0.15, -0.1) is 24.0 Å². The first-order valence-electron chi connectivity index (χ1n) is 9.92. The highest BCUT2D eigenvalue weighted by Crippen LogP contribution is 2.30. The van der Waals surface area contributed by atoms with E-state index in [2.05, 4.69) is 26.6 Å². The molecule has 7 nitrogen and oxygen atoms in total. The highest BCUT2D eigenvalue weighted by molar-refractivity contribution is 14.0. The van der Waals surface area contributed by atoms with E-state index in [1.807, 2.05) is 30.0 Å². The third kappa shape index (κ3) is 5.89. The number of amides is 1. The highest BCUT2D eigenvalue weighted by Gasteiger charge is 2.25. The van der Waals surface area contributed by atoms with Gasteiger partial charge >= 0.3 is 0 Å². The Morgan fingerprint density at radius 1 is 1.25 bits per heavy atom. The molecule has 1 aromatic rings. The molecule has 0 spiro atoms. The number of hydrogen-bond donors (Lipinski definition) is 2. The van der Waals surface area contributed by atoms with Crippen LogP contribution in [-0.4, -0.2) is 69.2 Å². The van der Waals surface area contributed by atoms with Crippen LogP contribution in [0.3, 0.4) is 0 Å². The fourth-order valence-corrected chi connectivity index (χ4v) is 3.71. The first-order valence-corrected chi connectivity index (χ1v) is 9.92. The minimum atomic E-state index is 0. The molecule has 1 aromatic carbocycles. The number of halogens is 1. The van der Waals surface area contributed by atoms with E-state index in [4.69, 9.17) is 4.74 Å². The Balaban J connectivity index is 0.00000280. The number of aliphatic imine (C=N–C) groups is 1. The number of ether oxygens (including phenoxy) is 1. The van der Waals surface area contributed by atoms with Crippen molar-refractivity contribution < 1.29 is 9.53 Å². The van der Waals surface area contributed by atoms with Crippen molar-refractivity contribution in [2.45, 2.75) is 32.2 Å². The smallest absolute Gasteiger partial charge is 0.244 e. The second-order valence-electron chi connectivity index (χ2n) is 7.03. The number of nitrogens with one attached hydrogen (secondary N) is 2. The summed E-state index contributed by atoms with van der Waals surface area (Å²) < 4.78 is 5.49. The molecule has 2 N–H and O–H groups in total. The van der Waals surface area contributed by atoms with Crippen LogP contribution in [0, 0.1) is 0 Å². The maximum absolute atomic E-state index is 12.2. The van der Waals surface area contributed by atoms with E-state index in [0.717, 1.165) is 69.4 Å². The van der Waals surface area contributed by atoms with E-state index in [-0.39, 0.29) is 42.5 Å². The molecule has 28 heavy (non-hydrogen) atoms. The summed E-state index contributed by atoms with van der Waals surface area (Å²) >= 11 is 0. The predicted molar refractivity (Wildman–Crippen MR) is 124 cm³/mol. The second-order valence-corrected chi connectivity index (χ2v) is 7.03. The summed E-state index contributed by atoms with van der Waals surface area (Å²) in [4.78, 5) is 21.0. The summed E-state index contributed by atoms with van der Waals surface area (Å²) in [7, 11) is 1.71. The molecular formula is C20H32IN5O2. The van der Waals surface area contributed by atoms with Crippen molar-refractivity contribution >= 4 is 41.5 Å². The number of nitrogens with zero attached hydrogens (tertiary/aromatic N) is 3. The predicted octanol–water partition coefficient (Wildman–Crippen LogP) is 2.07. The monoisotopic (exact) mass is 501 g/mol.